The van der Waals surface area contributed by atoms with Gasteiger partial charge in [0.15, 0.2) is 5.25 Å². The normalized spacial score (nSPS) is 12.4. The van der Waals surface area contributed by atoms with Crippen LogP contribution in [0.25, 0.3) is 10.8 Å². The van der Waals surface area contributed by atoms with Gasteiger partial charge in [0.1, 0.15) is 12.4 Å². The van der Waals surface area contributed by atoms with E-state index in [1.165, 1.54) is 12.1 Å². The van der Waals surface area contributed by atoms with E-state index in [-0.39, 0.29) is 12.4 Å². The molecule has 8 heteroatoms. The van der Waals surface area contributed by atoms with E-state index in [9.17, 15) is 22.6 Å². The molecule has 0 saturated heterocycles. The van der Waals surface area contributed by atoms with Crippen molar-refractivity contribution >= 4 is 32.8 Å². The maximum Gasteiger partial charge on any atom is 0.332 e. The highest BCUT2D eigenvalue weighted by molar-refractivity contribution is 7.87. The lowest BCUT2D eigenvalue weighted by molar-refractivity contribution is -0.145. The van der Waals surface area contributed by atoms with E-state index in [2.05, 4.69) is 11.3 Å². The van der Waals surface area contributed by atoms with Crippen LogP contribution in [0, 0.1) is 0 Å². The highest BCUT2D eigenvalue weighted by Crippen LogP contribution is 2.26. The molecule has 0 heterocycles. The summed E-state index contributed by atoms with van der Waals surface area (Å²) < 4.78 is 41.9. The first kappa shape index (κ1) is 18.6. The third kappa shape index (κ3) is 4.88. The fourth-order valence-electron chi connectivity index (χ4n) is 2.13. The zero-order chi connectivity index (χ0) is 18.4. The lowest BCUT2D eigenvalue weighted by atomic mass is 10.1. The molecule has 0 aromatic heterocycles. The standard InChI is InChI=1S/C17H16O7S/c1-2-10-23-16(18)11-15(25(20,21)22)17(19)24-14-9-5-7-12-6-3-4-8-13(12)14/h2-9,15H,1,10-11H2,(H,20,21,22). The molecule has 1 atom stereocenters. The average Bonchev–Trinajstić information content (AvgIpc) is 2.57. The van der Waals surface area contributed by atoms with Gasteiger partial charge in [-0.1, -0.05) is 49.1 Å². The number of benzene rings is 2. The molecule has 0 amide bonds. The lowest BCUT2D eigenvalue weighted by Crippen LogP contribution is -2.36. The molecule has 0 aliphatic heterocycles. The summed E-state index contributed by atoms with van der Waals surface area (Å²) in [5, 5.41) is -0.716. The van der Waals surface area contributed by atoms with Crippen LogP contribution in [0.3, 0.4) is 0 Å². The zero-order valence-corrected chi connectivity index (χ0v) is 13.9. The van der Waals surface area contributed by atoms with Crippen LogP contribution in [0.4, 0.5) is 0 Å². The molecule has 0 bridgehead atoms. The smallest absolute Gasteiger partial charge is 0.332 e. The number of esters is 2. The minimum Gasteiger partial charge on any atom is -0.461 e. The maximum absolute atomic E-state index is 12.2. The van der Waals surface area contributed by atoms with Crippen molar-refractivity contribution in [3.05, 3.63) is 55.1 Å². The molecule has 0 aliphatic rings. The Morgan fingerprint density at radius 1 is 1.16 bits per heavy atom. The summed E-state index contributed by atoms with van der Waals surface area (Å²) in [5.74, 6) is -2.12. The Labute approximate surface area is 144 Å². The Balaban J connectivity index is 2.24. The molecule has 7 nitrogen and oxygen atoms in total. The van der Waals surface area contributed by atoms with Gasteiger partial charge >= 0.3 is 11.9 Å². The van der Waals surface area contributed by atoms with Crippen molar-refractivity contribution < 1.29 is 32.0 Å². The molecule has 2 aromatic carbocycles. The van der Waals surface area contributed by atoms with Crippen LogP contribution in [0.5, 0.6) is 5.75 Å². The Kier molecular flexibility index (Phi) is 5.89. The van der Waals surface area contributed by atoms with Crippen molar-refractivity contribution in [2.45, 2.75) is 11.7 Å². The Morgan fingerprint density at radius 2 is 1.84 bits per heavy atom. The van der Waals surface area contributed by atoms with Crippen molar-refractivity contribution in [1.82, 2.24) is 0 Å². The first-order valence-electron chi connectivity index (χ1n) is 7.25. The van der Waals surface area contributed by atoms with Crippen molar-refractivity contribution in [2.24, 2.45) is 0 Å². The topological polar surface area (TPSA) is 107 Å². The van der Waals surface area contributed by atoms with Gasteiger partial charge in [0.2, 0.25) is 0 Å². The minimum absolute atomic E-state index is 0.121. The fourth-order valence-corrected chi connectivity index (χ4v) is 2.77. The van der Waals surface area contributed by atoms with Crippen LogP contribution in [-0.2, 0) is 24.4 Å². The molecular weight excluding hydrogens is 348 g/mol. The number of carbonyl (C=O) groups is 2. The summed E-state index contributed by atoms with van der Waals surface area (Å²) >= 11 is 0. The van der Waals surface area contributed by atoms with Crippen LogP contribution < -0.4 is 4.74 Å². The second kappa shape index (κ2) is 7.91. The largest absolute Gasteiger partial charge is 0.461 e. The molecule has 25 heavy (non-hydrogen) atoms. The van der Waals surface area contributed by atoms with E-state index in [1.54, 1.807) is 36.4 Å². The van der Waals surface area contributed by atoms with Gasteiger partial charge in [-0.25, -0.2) is 0 Å². The molecule has 0 aliphatic carbocycles. The van der Waals surface area contributed by atoms with Gasteiger partial charge in [0, 0.05) is 5.39 Å². The zero-order valence-electron chi connectivity index (χ0n) is 13.1. The van der Waals surface area contributed by atoms with E-state index in [0.29, 0.717) is 5.39 Å². The van der Waals surface area contributed by atoms with E-state index < -0.39 is 33.7 Å². The summed E-state index contributed by atoms with van der Waals surface area (Å²) in [7, 11) is -4.86. The highest BCUT2D eigenvalue weighted by Gasteiger charge is 2.36. The molecule has 1 unspecified atom stereocenters. The Bertz CT molecular complexity index is 897. The first-order valence-corrected chi connectivity index (χ1v) is 8.75. The van der Waals surface area contributed by atoms with Crippen molar-refractivity contribution in [2.75, 3.05) is 6.61 Å². The Morgan fingerprint density at radius 3 is 2.52 bits per heavy atom. The molecule has 2 rings (SSSR count). The molecule has 0 saturated carbocycles. The lowest BCUT2D eigenvalue weighted by Gasteiger charge is -2.13. The van der Waals surface area contributed by atoms with Gasteiger partial charge in [-0.2, -0.15) is 8.42 Å². The number of fused-ring (bicyclic) bond motifs is 1. The molecule has 2 aromatic rings. The molecule has 0 fully saturated rings. The second-order valence-electron chi connectivity index (χ2n) is 5.08. The molecular formula is C17H16O7S. The third-order valence-corrected chi connectivity index (χ3v) is 4.38. The second-order valence-corrected chi connectivity index (χ2v) is 6.68. The average molecular weight is 364 g/mol. The Hall–Kier alpha value is -2.71. The summed E-state index contributed by atoms with van der Waals surface area (Å²) in [6.07, 6.45) is 0.422. The van der Waals surface area contributed by atoms with E-state index in [4.69, 9.17) is 4.74 Å². The van der Waals surface area contributed by atoms with Crippen LogP contribution in [-0.4, -0.2) is 36.8 Å². The van der Waals surface area contributed by atoms with Gasteiger partial charge in [0.25, 0.3) is 10.1 Å². The van der Waals surface area contributed by atoms with Gasteiger partial charge in [0.05, 0.1) is 6.42 Å². The van der Waals surface area contributed by atoms with E-state index in [0.717, 1.165) is 5.39 Å². The molecule has 132 valence electrons. The maximum atomic E-state index is 12.2. The van der Waals surface area contributed by atoms with Crippen molar-refractivity contribution in [3.63, 3.8) is 0 Å². The van der Waals surface area contributed by atoms with Crippen LogP contribution in [0.2, 0.25) is 0 Å². The number of rotatable bonds is 7. The van der Waals surface area contributed by atoms with Crippen molar-refractivity contribution in [3.8, 4) is 5.75 Å². The molecule has 0 spiro atoms. The van der Waals surface area contributed by atoms with Gasteiger partial charge in [-0.15, -0.1) is 0 Å². The monoisotopic (exact) mass is 364 g/mol. The first-order chi connectivity index (χ1) is 11.8. The van der Waals surface area contributed by atoms with E-state index >= 15 is 0 Å². The van der Waals surface area contributed by atoms with E-state index in [1.807, 2.05) is 0 Å². The number of hydrogen-bond donors (Lipinski definition) is 1. The van der Waals surface area contributed by atoms with Gasteiger partial charge in [-0.05, 0) is 11.5 Å². The summed E-state index contributed by atoms with van der Waals surface area (Å²) in [6.45, 7) is 3.20. The summed E-state index contributed by atoms with van der Waals surface area (Å²) in [6, 6.07) is 11.9. The third-order valence-electron chi connectivity index (χ3n) is 3.30. The highest BCUT2D eigenvalue weighted by atomic mass is 32.2. The summed E-state index contributed by atoms with van der Waals surface area (Å²) in [4.78, 5) is 23.8. The number of carbonyl (C=O) groups excluding carboxylic acids is 2. The van der Waals surface area contributed by atoms with Crippen LogP contribution in [0.1, 0.15) is 6.42 Å². The van der Waals surface area contributed by atoms with Crippen molar-refractivity contribution in [1.29, 1.82) is 0 Å². The van der Waals surface area contributed by atoms with Gasteiger partial charge in [-0.3, -0.25) is 14.1 Å². The van der Waals surface area contributed by atoms with Crippen LogP contribution >= 0.6 is 0 Å². The fraction of sp³-hybridized carbons (Fsp3) is 0.176. The quantitative estimate of drug-likeness (QED) is 0.347. The molecule has 0 radical (unpaired) electrons. The van der Waals surface area contributed by atoms with Crippen LogP contribution in [0.15, 0.2) is 55.1 Å². The SMILES string of the molecule is C=CCOC(=O)CC(C(=O)Oc1cccc2ccccc12)S(=O)(=O)O. The minimum atomic E-state index is -4.86. The molecule has 1 N–H and O–H groups in total. The van der Waals surface area contributed by atoms with Gasteiger partial charge < -0.3 is 9.47 Å². The summed E-state index contributed by atoms with van der Waals surface area (Å²) in [5.41, 5.74) is 0. The number of hydrogen-bond acceptors (Lipinski definition) is 6. The predicted molar refractivity (Wildman–Crippen MR) is 90.7 cm³/mol. The predicted octanol–water partition coefficient (Wildman–Crippen LogP) is 2.12. The number of ether oxygens (including phenoxy) is 2.